The van der Waals surface area contributed by atoms with Crippen LogP contribution in [-0.2, 0) is 11.6 Å². The Balaban J connectivity index is 1.59. The van der Waals surface area contributed by atoms with Gasteiger partial charge in [0, 0.05) is 21.7 Å². The van der Waals surface area contributed by atoms with Gasteiger partial charge in [-0.05, 0) is 42.5 Å². The predicted molar refractivity (Wildman–Crippen MR) is 120 cm³/mol. The first-order chi connectivity index (χ1) is 15.9. The second-order valence-corrected chi connectivity index (χ2v) is 8.94. The normalized spacial score (nSPS) is 12.1. The van der Waals surface area contributed by atoms with Crippen LogP contribution in [0.25, 0.3) is 17.1 Å². The Kier molecular flexibility index (Phi) is 5.94. The average molecular weight is 490 g/mol. The maximum absolute atomic E-state index is 13.9. The molecule has 2 aromatic heterocycles. The lowest BCUT2D eigenvalue weighted by Crippen LogP contribution is -2.20. The molecule has 0 atom stereocenters. The minimum absolute atomic E-state index is 0.0815. The van der Waals surface area contributed by atoms with E-state index in [1.807, 2.05) is 20.8 Å². The maximum Gasteiger partial charge on any atom is 0.434 e. The number of carbonyl (C=O) groups excluding carboxylic acids is 1. The largest absolute Gasteiger partial charge is 0.434 e. The molecule has 2 heterocycles. The van der Waals surface area contributed by atoms with Gasteiger partial charge in [0.05, 0.1) is 17.4 Å². The molecule has 0 bridgehead atoms. The fourth-order valence-corrected chi connectivity index (χ4v) is 3.32. The lowest BCUT2D eigenvalue weighted by molar-refractivity contribution is -0.143. The van der Waals surface area contributed by atoms with Crippen molar-refractivity contribution in [2.45, 2.75) is 32.4 Å². The molecule has 0 aliphatic heterocycles. The van der Waals surface area contributed by atoms with Crippen molar-refractivity contribution in [3.05, 3.63) is 76.9 Å². The first kappa shape index (κ1) is 23.5. The Hall–Kier alpha value is -3.66. The van der Waals surface area contributed by atoms with Gasteiger partial charge in [-0.2, -0.15) is 23.3 Å². The summed E-state index contributed by atoms with van der Waals surface area (Å²) in [6.45, 7) is 5.81. The number of amides is 1. The molecule has 34 heavy (non-hydrogen) atoms. The van der Waals surface area contributed by atoms with Crippen molar-refractivity contribution in [1.82, 2.24) is 19.9 Å². The molecule has 11 heteroatoms. The summed E-state index contributed by atoms with van der Waals surface area (Å²) in [5, 5.41) is 10.4. The summed E-state index contributed by atoms with van der Waals surface area (Å²) in [7, 11) is 0. The van der Waals surface area contributed by atoms with Gasteiger partial charge in [-0.1, -0.05) is 43.6 Å². The molecule has 4 aromatic rings. The van der Waals surface area contributed by atoms with E-state index in [4.69, 9.17) is 16.1 Å². The highest BCUT2D eigenvalue weighted by atomic mass is 35.5. The lowest BCUT2D eigenvalue weighted by Gasteiger charge is -2.13. The summed E-state index contributed by atoms with van der Waals surface area (Å²) in [6.07, 6.45) is -3.96. The highest BCUT2D eigenvalue weighted by molar-refractivity contribution is 6.30. The fraction of sp³-hybridized carbons (Fsp3) is 0.217. The third-order valence-corrected chi connectivity index (χ3v) is 5.04. The van der Waals surface area contributed by atoms with Crippen LogP contribution in [0.2, 0.25) is 5.02 Å². The Labute approximate surface area is 197 Å². The zero-order chi connectivity index (χ0) is 24.7. The molecule has 1 N–H and O–H groups in total. The number of anilines is 1. The molecule has 4 rings (SSSR count). The van der Waals surface area contributed by atoms with Gasteiger partial charge in [0.1, 0.15) is 0 Å². The number of nitrogens with zero attached hydrogens (tertiary/aromatic N) is 4. The number of alkyl halides is 3. The molecule has 7 nitrogen and oxygen atoms in total. The number of aromatic nitrogens is 4. The molecular formula is C23H19ClF3N5O2. The summed E-state index contributed by atoms with van der Waals surface area (Å²) >= 11 is 5.90. The Morgan fingerprint density at radius 3 is 2.38 bits per heavy atom. The fourth-order valence-electron chi connectivity index (χ4n) is 3.14. The summed E-state index contributed by atoms with van der Waals surface area (Å²) < 4.78 is 47.5. The number of hydrogen-bond donors (Lipinski definition) is 1. The van der Waals surface area contributed by atoms with E-state index < -0.39 is 23.3 Å². The van der Waals surface area contributed by atoms with Crippen LogP contribution >= 0.6 is 11.6 Å². The van der Waals surface area contributed by atoms with E-state index in [-0.39, 0.29) is 21.8 Å². The van der Waals surface area contributed by atoms with Crippen LogP contribution in [0.4, 0.5) is 18.9 Å². The van der Waals surface area contributed by atoms with Crippen LogP contribution in [-0.4, -0.2) is 25.8 Å². The zero-order valence-electron chi connectivity index (χ0n) is 18.3. The van der Waals surface area contributed by atoms with Crippen LogP contribution in [0.3, 0.4) is 0 Å². The van der Waals surface area contributed by atoms with Crippen LogP contribution in [0.15, 0.2) is 59.3 Å². The monoisotopic (exact) mass is 489 g/mol. The Morgan fingerprint density at radius 2 is 1.79 bits per heavy atom. The van der Waals surface area contributed by atoms with E-state index in [0.29, 0.717) is 22.0 Å². The van der Waals surface area contributed by atoms with E-state index in [2.05, 4.69) is 20.6 Å². The predicted octanol–water partition coefficient (Wildman–Crippen LogP) is 6.14. The molecule has 0 radical (unpaired) electrons. The van der Waals surface area contributed by atoms with Gasteiger partial charge in [-0.15, -0.1) is 0 Å². The summed E-state index contributed by atoms with van der Waals surface area (Å²) in [4.78, 5) is 17.1. The van der Waals surface area contributed by atoms with Gasteiger partial charge in [-0.3, -0.25) is 4.79 Å². The van der Waals surface area contributed by atoms with Crippen LogP contribution in [0.5, 0.6) is 0 Å². The molecule has 0 unspecified atom stereocenters. The summed E-state index contributed by atoms with van der Waals surface area (Å²) in [6, 6.07) is 12.1. The zero-order valence-corrected chi connectivity index (χ0v) is 19.1. The van der Waals surface area contributed by atoms with Crippen LogP contribution < -0.4 is 5.32 Å². The van der Waals surface area contributed by atoms with Crippen LogP contribution in [0.1, 0.15) is 42.7 Å². The van der Waals surface area contributed by atoms with Crippen molar-refractivity contribution in [2.24, 2.45) is 0 Å². The highest BCUT2D eigenvalue weighted by Gasteiger charge is 2.40. The third-order valence-electron chi connectivity index (χ3n) is 4.80. The van der Waals surface area contributed by atoms with Crippen molar-refractivity contribution in [2.75, 3.05) is 5.32 Å². The van der Waals surface area contributed by atoms with E-state index in [9.17, 15) is 18.0 Å². The van der Waals surface area contributed by atoms with E-state index >= 15 is 0 Å². The van der Waals surface area contributed by atoms with Gasteiger partial charge in [0.25, 0.3) is 5.91 Å². The lowest BCUT2D eigenvalue weighted by atomic mass is 9.97. The van der Waals surface area contributed by atoms with E-state index in [1.54, 1.807) is 12.1 Å². The first-order valence-corrected chi connectivity index (χ1v) is 10.5. The van der Waals surface area contributed by atoms with Crippen molar-refractivity contribution in [1.29, 1.82) is 0 Å². The Bertz CT molecular complexity index is 1340. The third kappa shape index (κ3) is 4.81. The number of benzene rings is 2. The SMILES string of the molecule is CC(C)(C)c1nc(-c2ccc(NC(=O)c3cnn(-c4cccc(Cl)c4)c3C(F)(F)F)cc2)no1. The topological polar surface area (TPSA) is 85.8 Å². The molecule has 1 amide bonds. The molecule has 0 aliphatic carbocycles. The highest BCUT2D eigenvalue weighted by Crippen LogP contribution is 2.34. The van der Waals surface area contributed by atoms with Crippen molar-refractivity contribution in [3.8, 4) is 17.1 Å². The number of nitrogens with one attached hydrogen (secondary N) is 1. The number of halogens is 4. The van der Waals surface area contributed by atoms with Gasteiger partial charge in [0.15, 0.2) is 5.69 Å². The van der Waals surface area contributed by atoms with Crippen molar-refractivity contribution >= 4 is 23.2 Å². The molecular weight excluding hydrogens is 471 g/mol. The van der Waals surface area contributed by atoms with Gasteiger partial charge in [-0.25, -0.2) is 4.68 Å². The second kappa shape index (κ2) is 8.60. The van der Waals surface area contributed by atoms with Gasteiger partial charge >= 0.3 is 6.18 Å². The van der Waals surface area contributed by atoms with Crippen molar-refractivity contribution in [3.63, 3.8) is 0 Å². The standard InChI is InChI=1S/C23H19ClF3N5O2/c1-22(2,3)21-30-19(31-34-21)13-7-9-15(10-8-13)29-20(33)17-12-28-32(18(17)23(25,26)27)16-6-4-5-14(24)11-16/h4-12H,1-3H3,(H,29,33). The first-order valence-electron chi connectivity index (χ1n) is 10.1. The van der Waals surface area contributed by atoms with E-state index in [0.717, 1.165) is 6.20 Å². The maximum atomic E-state index is 13.9. The van der Waals surface area contributed by atoms with Gasteiger partial charge in [0.2, 0.25) is 11.7 Å². The van der Waals surface area contributed by atoms with Crippen molar-refractivity contribution < 1.29 is 22.5 Å². The number of rotatable bonds is 4. The molecule has 0 aliphatic rings. The smallest absolute Gasteiger partial charge is 0.338 e. The van der Waals surface area contributed by atoms with Gasteiger partial charge < -0.3 is 9.84 Å². The number of hydrogen-bond acceptors (Lipinski definition) is 5. The van der Waals surface area contributed by atoms with Crippen LogP contribution in [0, 0.1) is 0 Å². The molecule has 0 saturated heterocycles. The minimum Gasteiger partial charge on any atom is -0.338 e. The molecule has 0 saturated carbocycles. The average Bonchev–Trinajstić information content (AvgIpc) is 3.42. The molecule has 0 spiro atoms. The summed E-state index contributed by atoms with van der Waals surface area (Å²) in [5.74, 6) is -0.121. The molecule has 176 valence electrons. The number of carbonyl (C=O) groups is 1. The second-order valence-electron chi connectivity index (χ2n) is 8.50. The quantitative estimate of drug-likeness (QED) is 0.372. The Morgan fingerprint density at radius 1 is 1.09 bits per heavy atom. The molecule has 2 aromatic carbocycles. The minimum atomic E-state index is -4.83. The molecule has 0 fully saturated rings. The van der Waals surface area contributed by atoms with E-state index in [1.165, 1.54) is 36.4 Å². The summed E-state index contributed by atoms with van der Waals surface area (Å²) in [5.41, 5.74) is -1.14.